The van der Waals surface area contributed by atoms with Gasteiger partial charge in [0, 0.05) is 10.7 Å². The third-order valence-electron chi connectivity index (χ3n) is 3.33. The minimum Gasteiger partial charge on any atom is -0.490 e. The Labute approximate surface area is 128 Å². The summed E-state index contributed by atoms with van der Waals surface area (Å²) in [5.74, 6) is 0.671. The van der Waals surface area contributed by atoms with Gasteiger partial charge in [0.2, 0.25) is 0 Å². The summed E-state index contributed by atoms with van der Waals surface area (Å²) in [6, 6.07) is 12.8. The molecule has 5 heteroatoms. The summed E-state index contributed by atoms with van der Waals surface area (Å²) in [5.41, 5.74) is 2.61. The van der Waals surface area contributed by atoms with Gasteiger partial charge in [-0.2, -0.15) is 0 Å². The zero-order valence-electron chi connectivity index (χ0n) is 11.6. The van der Waals surface area contributed by atoms with Gasteiger partial charge < -0.3 is 10.1 Å². The van der Waals surface area contributed by atoms with Crippen molar-refractivity contribution in [1.29, 1.82) is 0 Å². The Morgan fingerprint density at radius 3 is 2.76 bits per heavy atom. The highest BCUT2D eigenvalue weighted by Crippen LogP contribution is 2.34. The molecular weight excluding hydrogens is 288 g/mol. The Hall–Kier alpha value is -2.20. The Morgan fingerprint density at radius 1 is 1.24 bits per heavy atom. The molecule has 2 amide bonds. The van der Waals surface area contributed by atoms with E-state index in [0.29, 0.717) is 29.6 Å². The summed E-state index contributed by atoms with van der Waals surface area (Å²) in [6.07, 6.45) is 0. The molecule has 0 aromatic heterocycles. The van der Waals surface area contributed by atoms with E-state index in [0.717, 1.165) is 11.3 Å². The fraction of sp³-hybridized carbons (Fsp3) is 0.188. The van der Waals surface area contributed by atoms with Crippen molar-refractivity contribution in [2.24, 2.45) is 0 Å². The number of aryl methyl sites for hydroxylation is 1. The van der Waals surface area contributed by atoms with E-state index in [1.54, 1.807) is 23.1 Å². The lowest BCUT2D eigenvalue weighted by Gasteiger charge is -2.29. The number of amides is 2. The van der Waals surface area contributed by atoms with Crippen LogP contribution in [-0.2, 0) is 0 Å². The average molecular weight is 303 g/mol. The van der Waals surface area contributed by atoms with Crippen LogP contribution in [0.3, 0.4) is 0 Å². The third kappa shape index (κ3) is 2.95. The van der Waals surface area contributed by atoms with Gasteiger partial charge >= 0.3 is 6.03 Å². The van der Waals surface area contributed by atoms with E-state index >= 15 is 0 Å². The molecule has 3 rings (SSSR count). The molecule has 0 saturated heterocycles. The summed E-state index contributed by atoms with van der Waals surface area (Å²) >= 11 is 6.01. The second-order valence-corrected chi connectivity index (χ2v) is 5.34. The lowest BCUT2D eigenvalue weighted by molar-refractivity contribution is 0.250. The number of hydrogen-bond acceptors (Lipinski definition) is 2. The first-order valence-electron chi connectivity index (χ1n) is 6.71. The molecule has 0 saturated carbocycles. The Bertz CT molecular complexity index is 670. The molecule has 0 fully saturated rings. The van der Waals surface area contributed by atoms with Gasteiger partial charge in [-0.05, 0) is 37.3 Å². The van der Waals surface area contributed by atoms with E-state index in [2.05, 4.69) is 5.32 Å². The highest BCUT2D eigenvalue weighted by atomic mass is 35.5. The summed E-state index contributed by atoms with van der Waals surface area (Å²) in [4.78, 5) is 14.1. The van der Waals surface area contributed by atoms with Crippen LogP contribution in [-0.4, -0.2) is 19.2 Å². The summed E-state index contributed by atoms with van der Waals surface area (Å²) in [7, 11) is 0. The number of fused-ring (bicyclic) bond motifs is 1. The van der Waals surface area contributed by atoms with Crippen LogP contribution < -0.4 is 15.0 Å². The highest BCUT2D eigenvalue weighted by Gasteiger charge is 2.24. The van der Waals surface area contributed by atoms with E-state index in [-0.39, 0.29) is 6.03 Å². The van der Waals surface area contributed by atoms with Crippen LogP contribution >= 0.6 is 11.6 Å². The maximum absolute atomic E-state index is 12.4. The fourth-order valence-electron chi connectivity index (χ4n) is 2.23. The number of hydrogen-bond donors (Lipinski definition) is 1. The molecule has 2 aromatic carbocycles. The normalized spacial score (nSPS) is 13.3. The number of nitrogens with zero attached hydrogens (tertiary/aromatic N) is 1. The number of halogens is 1. The number of rotatable bonds is 1. The smallest absolute Gasteiger partial charge is 0.326 e. The van der Waals surface area contributed by atoms with Gasteiger partial charge in [0.15, 0.2) is 0 Å². The number of carbonyl (C=O) groups excluding carboxylic acids is 1. The van der Waals surface area contributed by atoms with Crippen molar-refractivity contribution in [3.05, 3.63) is 53.1 Å². The fourth-order valence-corrected chi connectivity index (χ4v) is 2.40. The monoisotopic (exact) mass is 302 g/mol. The van der Waals surface area contributed by atoms with Crippen LogP contribution in [0.1, 0.15) is 5.56 Å². The van der Waals surface area contributed by atoms with Gasteiger partial charge in [-0.15, -0.1) is 0 Å². The second-order valence-electron chi connectivity index (χ2n) is 4.91. The predicted octanol–water partition coefficient (Wildman–Crippen LogP) is 4.08. The summed E-state index contributed by atoms with van der Waals surface area (Å²) in [6.45, 7) is 2.97. The van der Waals surface area contributed by atoms with Crippen LogP contribution in [0.15, 0.2) is 42.5 Å². The zero-order valence-corrected chi connectivity index (χ0v) is 12.4. The van der Waals surface area contributed by atoms with Gasteiger partial charge in [-0.3, -0.25) is 4.90 Å². The first-order chi connectivity index (χ1) is 10.1. The highest BCUT2D eigenvalue weighted by molar-refractivity contribution is 6.31. The number of anilines is 2. The van der Waals surface area contributed by atoms with Crippen molar-refractivity contribution in [3.63, 3.8) is 0 Å². The van der Waals surface area contributed by atoms with Crippen molar-refractivity contribution in [3.8, 4) is 5.75 Å². The Kier molecular flexibility index (Phi) is 3.71. The minimum absolute atomic E-state index is 0.189. The zero-order chi connectivity index (χ0) is 14.8. The molecular formula is C16H15ClN2O2. The molecule has 0 radical (unpaired) electrons. The summed E-state index contributed by atoms with van der Waals surface area (Å²) < 4.78 is 5.54. The van der Waals surface area contributed by atoms with E-state index in [1.165, 1.54) is 0 Å². The van der Waals surface area contributed by atoms with Crippen molar-refractivity contribution >= 4 is 29.0 Å². The first-order valence-corrected chi connectivity index (χ1v) is 7.09. The van der Waals surface area contributed by atoms with Crippen LogP contribution in [0, 0.1) is 6.92 Å². The molecule has 0 aliphatic carbocycles. The summed E-state index contributed by atoms with van der Waals surface area (Å²) in [5, 5.41) is 3.46. The van der Waals surface area contributed by atoms with Crippen molar-refractivity contribution in [1.82, 2.24) is 0 Å². The average Bonchev–Trinajstić information content (AvgIpc) is 2.49. The van der Waals surface area contributed by atoms with Crippen molar-refractivity contribution < 1.29 is 9.53 Å². The molecule has 2 aromatic rings. The molecule has 1 aliphatic heterocycles. The van der Waals surface area contributed by atoms with E-state index in [1.807, 2.05) is 31.2 Å². The van der Waals surface area contributed by atoms with Gasteiger partial charge in [0.05, 0.1) is 12.2 Å². The van der Waals surface area contributed by atoms with Gasteiger partial charge in [-0.1, -0.05) is 29.3 Å². The quantitative estimate of drug-likeness (QED) is 0.862. The number of nitrogens with one attached hydrogen (secondary N) is 1. The molecule has 1 heterocycles. The van der Waals surface area contributed by atoms with Gasteiger partial charge in [0.1, 0.15) is 12.4 Å². The van der Waals surface area contributed by atoms with Gasteiger partial charge in [0.25, 0.3) is 0 Å². The van der Waals surface area contributed by atoms with Crippen LogP contribution in [0.5, 0.6) is 5.75 Å². The van der Waals surface area contributed by atoms with Crippen LogP contribution in [0.4, 0.5) is 16.2 Å². The molecule has 0 atom stereocenters. The molecule has 0 spiro atoms. The lowest BCUT2D eigenvalue weighted by Crippen LogP contribution is -2.40. The molecule has 0 unspecified atom stereocenters. The Morgan fingerprint density at radius 2 is 2.00 bits per heavy atom. The van der Waals surface area contributed by atoms with Crippen molar-refractivity contribution in [2.75, 3.05) is 23.4 Å². The Balaban J connectivity index is 1.83. The molecule has 1 N–H and O–H groups in total. The molecule has 0 bridgehead atoms. The number of benzene rings is 2. The number of ether oxygens (including phenoxy) is 1. The maximum atomic E-state index is 12.4. The van der Waals surface area contributed by atoms with Gasteiger partial charge in [-0.25, -0.2) is 4.79 Å². The molecule has 1 aliphatic rings. The number of carbonyl (C=O) groups is 1. The van der Waals surface area contributed by atoms with E-state index in [9.17, 15) is 4.79 Å². The van der Waals surface area contributed by atoms with Crippen LogP contribution in [0.2, 0.25) is 5.02 Å². The van der Waals surface area contributed by atoms with Crippen molar-refractivity contribution in [2.45, 2.75) is 6.92 Å². The minimum atomic E-state index is -0.189. The SMILES string of the molecule is Cc1ccc(NC(=O)N2CCOc3ccc(Cl)cc32)cc1. The topological polar surface area (TPSA) is 41.6 Å². The maximum Gasteiger partial charge on any atom is 0.326 e. The first kappa shape index (κ1) is 13.8. The molecule has 4 nitrogen and oxygen atoms in total. The third-order valence-corrected chi connectivity index (χ3v) is 3.57. The molecule has 21 heavy (non-hydrogen) atoms. The van der Waals surface area contributed by atoms with Crippen LogP contribution in [0.25, 0.3) is 0 Å². The molecule has 108 valence electrons. The second kappa shape index (κ2) is 5.66. The van der Waals surface area contributed by atoms with E-state index < -0.39 is 0 Å². The standard InChI is InChI=1S/C16H15ClN2O2/c1-11-2-5-13(6-3-11)18-16(20)19-8-9-21-15-7-4-12(17)10-14(15)19/h2-7,10H,8-9H2,1H3,(H,18,20). The lowest BCUT2D eigenvalue weighted by atomic mass is 10.2. The largest absolute Gasteiger partial charge is 0.490 e. The van der Waals surface area contributed by atoms with E-state index in [4.69, 9.17) is 16.3 Å². The number of urea groups is 1. The predicted molar refractivity (Wildman–Crippen MR) is 84.5 cm³/mol.